The maximum Gasteiger partial charge on any atom is 0.236 e. The molecule has 0 spiro atoms. The van der Waals surface area contributed by atoms with Crippen LogP contribution in [0.5, 0.6) is 0 Å². The lowest BCUT2D eigenvalue weighted by Crippen LogP contribution is -2.37. The molecule has 1 saturated carbocycles. The average Bonchev–Trinajstić information content (AvgIpc) is 2.99. The summed E-state index contributed by atoms with van der Waals surface area (Å²) in [5, 5.41) is 5.72. The molecular weight excluding hydrogens is 266 g/mol. The molecule has 114 valence electrons. The average molecular weight is 289 g/mol. The first-order chi connectivity index (χ1) is 10.1. The summed E-state index contributed by atoms with van der Waals surface area (Å²) >= 11 is 0. The largest absolute Gasteiger partial charge is 0.351 e. The number of carbonyl (C=O) groups is 2. The van der Waals surface area contributed by atoms with E-state index in [1.807, 2.05) is 24.3 Å². The SMILES string of the molecule is C[C@@H](N)C(=O)NCc1cccc(NC(=O)C2CCCC2)c1. The van der Waals surface area contributed by atoms with E-state index in [0.29, 0.717) is 6.54 Å². The van der Waals surface area contributed by atoms with Crippen LogP contribution in [-0.4, -0.2) is 17.9 Å². The lowest BCUT2D eigenvalue weighted by Gasteiger charge is -2.12. The molecule has 1 aliphatic carbocycles. The Labute approximate surface area is 125 Å². The van der Waals surface area contributed by atoms with Gasteiger partial charge in [-0.05, 0) is 37.5 Å². The Kier molecular flexibility index (Phi) is 5.33. The van der Waals surface area contributed by atoms with E-state index in [1.165, 1.54) is 0 Å². The van der Waals surface area contributed by atoms with Gasteiger partial charge in [-0.25, -0.2) is 0 Å². The Hall–Kier alpha value is -1.88. The van der Waals surface area contributed by atoms with Gasteiger partial charge in [0.1, 0.15) is 0 Å². The summed E-state index contributed by atoms with van der Waals surface area (Å²) in [4.78, 5) is 23.5. The molecule has 0 unspecified atom stereocenters. The minimum absolute atomic E-state index is 0.101. The van der Waals surface area contributed by atoms with Crippen molar-refractivity contribution in [2.75, 3.05) is 5.32 Å². The van der Waals surface area contributed by atoms with Gasteiger partial charge in [-0.2, -0.15) is 0 Å². The monoisotopic (exact) mass is 289 g/mol. The molecule has 2 amide bonds. The van der Waals surface area contributed by atoms with Crippen molar-refractivity contribution in [3.63, 3.8) is 0 Å². The molecule has 5 nitrogen and oxygen atoms in total. The fraction of sp³-hybridized carbons (Fsp3) is 0.500. The molecule has 21 heavy (non-hydrogen) atoms. The zero-order valence-electron chi connectivity index (χ0n) is 12.4. The lowest BCUT2D eigenvalue weighted by atomic mass is 10.1. The first kappa shape index (κ1) is 15.5. The van der Waals surface area contributed by atoms with Crippen LogP contribution in [0.2, 0.25) is 0 Å². The summed E-state index contributed by atoms with van der Waals surface area (Å²) in [7, 11) is 0. The molecular formula is C16H23N3O2. The molecule has 0 aliphatic heterocycles. The summed E-state index contributed by atoms with van der Waals surface area (Å²) in [5.74, 6) is 0.0612. The van der Waals surface area contributed by atoms with E-state index in [4.69, 9.17) is 5.73 Å². The summed E-state index contributed by atoms with van der Waals surface area (Å²) in [6, 6.07) is 7.01. The van der Waals surface area contributed by atoms with E-state index < -0.39 is 6.04 Å². The molecule has 0 saturated heterocycles. The van der Waals surface area contributed by atoms with Gasteiger partial charge in [0, 0.05) is 18.2 Å². The predicted octanol–water partition coefficient (Wildman–Crippen LogP) is 1.78. The highest BCUT2D eigenvalue weighted by Gasteiger charge is 2.22. The summed E-state index contributed by atoms with van der Waals surface area (Å²) < 4.78 is 0. The second-order valence-electron chi connectivity index (χ2n) is 5.68. The number of amides is 2. The van der Waals surface area contributed by atoms with Gasteiger partial charge in [-0.3, -0.25) is 9.59 Å². The first-order valence-electron chi connectivity index (χ1n) is 7.49. The van der Waals surface area contributed by atoms with Crippen molar-refractivity contribution in [2.45, 2.75) is 45.2 Å². The Morgan fingerprint density at radius 1 is 1.33 bits per heavy atom. The number of hydrogen-bond acceptors (Lipinski definition) is 3. The molecule has 1 aliphatic rings. The Morgan fingerprint density at radius 3 is 2.71 bits per heavy atom. The third kappa shape index (κ3) is 4.56. The molecule has 0 bridgehead atoms. The fourth-order valence-corrected chi connectivity index (χ4v) is 2.54. The normalized spacial score (nSPS) is 16.5. The van der Waals surface area contributed by atoms with Crippen LogP contribution in [0.4, 0.5) is 5.69 Å². The molecule has 1 aromatic rings. The number of nitrogens with one attached hydrogen (secondary N) is 2. The van der Waals surface area contributed by atoms with Crippen LogP contribution < -0.4 is 16.4 Å². The summed E-state index contributed by atoms with van der Waals surface area (Å²) in [5.41, 5.74) is 7.21. The van der Waals surface area contributed by atoms with Crippen molar-refractivity contribution in [1.82, 2.24) is 5.32 Å². The van der Waals surface area contributed by atoms with Crippen molar-refractivity contribution < 1.29 is 9.59 Å². The van der Waals surface area contributed by atoms with E-state index >= 15 is 0 Å². The zero-order chi connectivity index (χ0) is 15.2. The topological polar surface area (TPSA) is 84.2 Å². The van der Waals surface area contributed by atoms with Crippen LogP contribution in [0, 0.1) is 5.92 Å². The standard InChI is InChI=1S/C16H23N3O2/c1-11(17)15(20)18-10-12-5-4-8-14(9-12)19-16(21)13-6-2-3-7-13/h4-5,8-9,11,13H,2-3,6-7,10,17H2,1H3,(H,18,20)(H,19,21)/t11-/m1/s1. The molecule has 5 heteroatoms. The number of nitrogens with two attached hydrogens (primary N) is 1. The van der Waals surface area contributed by atoms with Gasteiger partial charge in [0.2, 0.25) is 11.8 Å². The van der Waals surface area contributed by atoms with Crippen LogP contribution in [0.1, 0.15) is 38.2 Å². The van der Waals surface area contributed by atoms with Crippen molar-refractivity contribution in [2.24, 2.45) is 11.7 Å². The van der Waals surface area contributed by atoms with Crippen LogP contribution >= 0.6 is 0 Å². The molecule has 0 aromatic heterocycles. The van der Waals surface area contributed by atoms with E-state index in [9.17, 15) is 9.59 Å². The quantitative estimate of drug-likeness (QED) is 0.772. The van der Waals surface area contributed by atoms with Gasteiger partial charge in [-0.1, -0.05) is 25.0 Å². The van der Waals surface area contributed by atoms with Gasteiger partial charge in [-0.15, -0.1) is 0 Å². The lowest BCUT2D eigenvalue weighted by molar-refractivity contribution is -0.122. The van der Waals surface area contributed by atoms with E-state index in [1.54, 1.807) is 6.92 Å². The number of benzene rings is 1. The van der Waals surface area contributed by atoms with E-state index in [2.05, 4.69) is 10.6 Å². The van der Waals surface area contributed by atoms with Gasteiger partial charge in [0.15, 0.2) is 0 Å². The molecule has 0 radical (unpaired) electrons. The number of rotatable bonds is 5. The van der Waals surface area contributed by atoms with Crippen molar-refractivity contribution in [1.29, 1.82) is 0 Å². The number of hydrogen-bond donors (Lipinski definition) is 3. The van der Waals surface area contributed by atoms with Crippen molar-refractivity contribution in [3.8, 4) is 0 Å². The van der Waals surface area contributed by atoms with Crippen molar-refractivity contribution >= 4 is 17.5 Å². The third-order valence-electron chi connectivity index (χ3n) is 3.80. The van der Waals surface area contributed by atoms with Gasteiger partial charge in [0.25, 0.3) is 0 Å². The second-order valence-corrected chi connectivity index (χ2v) is 5.68. The highest BCUT2D eigenvalue weighted by molar-refractivity contribution is 5.92. The molecule has 1 aromatic carbocycles. The van der Waals surface area contributed by atoms with Gasteiger partial charge >= 0.3 is 0 Å². The molecule has 0 heterocycles. The third-order valence-corrected chi connectivity index (χ3v) is 3.80. The molecule has 4 N–H and O–H groups in total. The molecule has 1 fully saturated rings. The van der Waals surface area contributed by atoms with E-state index in [-0.39, 0.29) is 17.7 Å². The van der Waals surface area contributed by atoms with Crippen LogP contribution in [0.25, 0.3) is 0 Å². The maximum absolute atomic E-state index is 12.1. The van der Waals surface area contributed by atoms with Crippen LogP contribution in [-0.2, 0) is 16.1 Å². The maximum atomic E-state index is 12.1. The van der Waals surface area contributed by atoms with Crippen molar-refractivity contribution in [3.05, 3.63) is 29.8 Å². The van der Waals surface area contributed by atoms with E-state index in [0.717, 1.165) is 36.9 Å². The number of carbonyl (C=O) groups excluding carboxylic acids is 2. The second kappa shape index (κ2) is 7.22. The Bertz CT molecular complexity index is 508. The van der Waals surface area contributed by atoms with Gasteiger partial charge in [0.05, 0.1) is 6.04 Å². The Morgan fingerprint density at radius 2 is 2.05 bits per heavy atom. The highest BCUT2D eigenvalue weighted by atomic mass is 16.2. The van der Waals surface area contributed by atoms with Crippen LogP contribution in [0.3, 0.4) is 0 Å². The summed E-state index contributed by atoms with van der Waals surface area (Å²) in [6.45, 7) is 2.06. The van der Waals surface area contributed by atoms with Crippen LogP contribution in [0.15, 0.2) is 24.3 Å². The predicted molar refractivity (Wildman–Crippen MR) is 82.5 cm³/mol. The molecule has 1 atom stereocenters. The van der Waals surface area contributed by atoms with Gasteiger partial charge < -0.3 is 16.4 Å². The minimum Gasteiger partial charge on any atom is -0.351 e. The highest BCUT2D eigenvalue weighted by Crippen LogP contribution is 2.26. The Balaban J connectivity index is 1.91. The fourth-order valence-electron chi connectivity index (χ4n) is 2.54. The zero-order valence-corrected chi connectivity index (χ0v) is 12.4. The number of anilines is 1. The minimum atomic E-state index is -0.518. The summed E-state index contributed by atoms with van der Waals surface area (Å²) in [6.07, 6.45) is 4.24. The molecule has 2 rings (SSSR count). The first-order valence-corrected chi connectivity index (χ1v) is 7.49. The smallest absolute Gasteiger partial charge is 0.236 e.